The molecule has 75 heavy (non-hydrogen) atoms. The van der Waals surface area contributed by atoms with Gasteiger partial charge in [0.25, 0.3) is 0 Å². The van der Waals surface area contributed by atoms with Gasteiger partial charge in [-0.05, 0) is 260 Å². The zero-order valence-corrected chi connectivity index (χ0v) is 46.1. The normalized spacial score (nSPS) is 38.0. The third-order valence-corrected chi connectivity index (χ3v) is 22.3. The Hall–Kier alpha value is -3.22. The van der Waals surface area contributed by atoms with Crippen molar-refractivity contribution in [1.82, 2.24) is 15.0 Å². The van der Waals surface area contributed by atoms with E-state index in [2.05, 4.69) is 41.8 Å². The summed E-state index contributed by atoms with van der Waals surface area (Å²) in [5.41, 5.74) is 7.64. The molecule has 4 N–H and O–H groups in total. The summed E-state index contributed by atoms with van der Waals surface area (Å²) in [6.45, 7) is 15.3. The molecule has 416 valence electrons. The van der Waals surface area contributed by atoms with Gasteiger partial charge in [-0.15, -0.1) is 0 Å². The molecule has 0 aliphatic heterocycles. The van der Waals surface area contributed by atoms with Crippen molar-refractivity contribution < 1.29 is 29.3 Å². The number of rotatable bonds is 11. The fraction of sp³-hybridized carbons (Fsp3) is 0.734. The van der Waals surface area contributed by atoms with Gasteiger partial charge in [0.15, 0.2) is 5.12 Å². The molecule has 11 heteroatoms. The predicted octanol–water partition coefficient (Wildman–Crippen LogP) is 13.5. The highest BCUT2D eigenvalue weighted by Crippen LogP contribution is 2.67. The molecule has 11 rings (SSSR count). The first-order chi connectivity index (χ1) is 35.1. The molecule has 3 aromatic heterocycles. The Morgan fingerprint density at radius 2 is 1.11 bits per heavy atom. The highest BCUT2D eigenvalue weighted by molar-refractivity contribution is 8.13. The standard InChI is InChI=1S/C29H43NO3.C27H39NO3S.C6H8N2.2CH4/c1-4-33-18-29(32)14-12-21-20(17-29)7-8-23-22(21)11-13-28(3)24(23)9-10-25(28)27(31)16-26-19(2)6-5-15-30-26;1-3-31-17-27(30)14-12-19-18(16-27)7-8-21-20(19)11-13-26(2)22(21)9-10-23(26)25(29)32-24-6-4-5-15-28-24;1-5-3-2-4-8-6(5)7;;/h5-6,15,20-25,32H,4,7-14,16-18H2,1-3H3;4-6,15,18-23,30H,3,7-14,16-17H2,1-2H3;2-4H,1H3,(H2,7,8);2*1H4/t20-,21+,22-,23-,24+,25-,28+,29-;18-,19+,20-,21-,22+,23-,26+,27-;;;/m11.../s1. The van der Waals surface area contributed by atoms with Gasteiger partial charge in [-0.1, -0.05) is 46.9 Å². The Kier molecular flexibility index (Phi) is 20.0. The number of Topliss-reactive ketones (excluding diaryl/α,β-unsaturated/α-hetero) is 1. The number of nitrogens with zero attached hydrogens (tertiary/aromatic N) is 3. The second-order valence-corrected chi connectivity index (χ2v) is 26.2. The van der Waals surface area contributed by atoms with Gasteiger partial charge in [0, 0.05) is 50.1 Å². The van der Waals surface area contributed by atoms with Crippen LogP contribution in [0.2, 0.25) is 0 Å². The number of ketones is 1. The van der Waals surface area contributed by atoms with Gasteiger partial charge >= 0.3 is 0 Å². The molecule has 8 aliphatic rings. The average molecular weight is 1050 g/mol. The highest BCUT2D eigenvalue weighted by Gasteiger charge is 2.61. The van der Waals surface area contributed by atoms with Crippen LogP contribution in [-0.4, -0.2) is 73.7 Å². The van der Waals surface area contributed by atoms with Crippen molar-refractivity contribution >= 4 is 28.5 Å². The van der Waals surface area contributed by atoms with E-state index in [1.165, 1.54) is 76.0 Å². The van der Waals surface area contributed by atoms with Crippen LogP contribution in [0.15, 0.2) is 66.1 Å². The van der Waals surface area contributed by atoms with E-state index in [1.807, 2.05) is 63.4 Å². The van der Waals surface area contributed by atoms with Crippen LogP contribution >= 0.6 is 11.8 Å². The summed E-state index contributed by atoms with van der Waals surface area (Å²) in [6, 6.07) is 13.6. The fourth-order valence-corrected chi connectivity index (χ4v) is 18.8. The maximum absolute atomic E-state index is 13.5. The number of fused-ring (bicyclic) bond motifs is 10. The lowest BCUT2D eigenvalue weighted by Gasteiger charge is -2.57. The molecule has 3 aromatic rings. The number of ether oxygens (including phenoxy) is 2. The van der Waals surface area contributed by atoms with Gasteiger partial charge in [0.2, 0.25) is 0 Å². The van der Waals surface area contributed by atoms with E-state index < -0.39 is 11.2 Å². The third-order valence-electron chi connectivity index (χ3n) is 21.4. The third kappa shape index (κ3) is 12.6. The Bertz CT molecular complexity index is 2320. The summed E-state index contributed by atoms with van der Waals surface area (Å²) in [4.78, 5) is 39.5. The van der Waals surface area contributed by atoms with Crippen LogP contribution in [0.4, 0.5) is 5.82 Å². The average Bonchev–Trinajstić information content (AvgIpc) is 3.94. The molecule has 0 bridgehead atoms. The van der Waals surface area contributed by atoms with E-state index in [9.17, 15) is 19.8 Å². The van der Waals surface area contributed by atoms with Gasteiger partial charge in [0.05, 0.1) is 30.1 Å². The Morgan fingerprint density at radius 3 is 1.60 bits per heavy atom. The summed E-state index contributed by atoms with van der Waals surface area (Å²) in [7, 11) is 0. The maximum Gasteiger partial charge on any atom is 0.198 e. The van der Waals surface area contributed by atoms with Crippen molar-refractivity contribution in [2.75, 3.05) is 32.2 Å². The SMILES string of the molecule is C.C.CCOC[C@@]1(O)CC[C@H]2[C@H](CC[C@@H]3[C@@H]2CC[C@]2(C)[C@@H](C(=O)Cc4ncccc4C)CC[C@@H]32)C1.CCOC[C@@]1(O)CC[C@H]2[C@H](CC[C@@H]3[C@@H]2CC[C@]2(C)[C@@H](C(=O)Sc4ccccn4)CC[C@@H]32)C1.Cc1cccnc1N. The molecule has 0 amide bonds. The molecule has 0 saturated heterocycles. The Balaban J connectivity index is 0.000000186. The minimum Gasteiger partial charge on any atom is -0.387 e. The van der Waals surface area contributed by atoms with Gasteiger partial charge in [-0.2, -0.15) is 0 Å². The minimum atomic E-state index is -0.610. The lowest BCUT2D eigenvalue weighted by atomic mass is 9.49. The van der Waals surface area contributed by atoms with Gasteiger partial charge < -0.3 is 25.4 Å². The Morgan fingerprint density at radius 1 is 0.600 bits per heavy atom. The number of pyridine rings is 3. The first-order valence-corrected chi connectivity index (χ1v) is 29.7. The van der Waals surface area contributed by atoms with E-state index in [0.717, 1.165) is 109 Å². The molecule has 3 heterocycles. The molecule has 0 unspecified atom stereocenters. The number of anilines is 1. The topological polar surface area (TPSA) is 158 Å². The van der Waals surface area contributed by atoms with Crippen LogP contribution in [0.25, 0.3) is 0 Å². The molecular formula is C64H98N4O6S. The second-order valence-electron chi connectivity index (χ2n) is 25.1. The zero-order valence-electron chi connectivity index (χ0n) is 45.3. The van der Waals surface area contributed by atoms with Crippen LogP contribution in [-0.2, 0) is 25.5 Å². The lowest BCUT2D eigenvalue weighted by molar-refractivity contribution is -0.137. The minimum absolute atomic E-state index is 0. The van der Waals surface area contributed by atoms with Crippen LogP contribution < -0.4 is 5.73 Å². The smallest absolute Gasteiger partial charge is 0.198 e. The van der Waals surface area contributed by atoms with Crippen LogP contribution in [0.5, 0.6) is 0 Å². The van der Waals surface area contributed by atoms with Crippen LogP contribution in [0.1, 0.15) is 175 Å². The first kappa shape index (κ1) is 59.4. The highest BCUT2D eigenvalue weighted by atomic mass is 32.2. The first-order valence-electron chi connectivity index (χ1n) is 28.9. The molecule has 10 nitrogen and oxygen atoms in total. The quantitative estimate of drug-likeness (QED) is 0.157. The lowest BCUT2D eigenvalue weighted by Crippen LogP contribution is -2.52. The number of carbonyl (C=O) groups is 2. The second kappa shape index (κ2) is 25.3. The van der Waals surface area contributed by atoms with Gasteiger partial charge in [-0.25, -0.2) is 9.97 Å². The molecule has 16 atom stereocenters. The number of aromatic nitrogens is 3. The fourth-order valence-electron chi connectivity index (χ4n) is 17.8. The number of aliphatic hydroxyl groups is 2. The number of nitrogen functional groups attached to an aromatic ring is 1. The maximum atomic E-state index is 13.5. The van der Waals surface area contributed by atoms with Crippen molar-refractivity contribution in [2.24, 2.45) is 81.8 Å². The molecule has 0 radical (unpaired) electrons. The zero-order chi connectivity index (χ0) is 51.5. The summed E-state index contributed by atoms with van der Waals surface area (Å²) >= 11 is 1.36. The molecule has 8 fully saturated rings. The van der Waals surface area contributed by atoms with E-state index in [0.29, 0.717) is 73.2 Å². The van der Waals surface area contributed by atoms with Crippen molar-refractivity contribution in [3.05, 3.63) is 77.9 Å². The number of nitrogens with two attached hydrogens (primary N) is 1. The number of carbonyl (C=O) groups excluding carboxylic acids is 2. The van der Waals surface area contributed by atoms with Crippen LogP contribution in [0, 0.1) is 95.7 Å². The molecule has 0 aromatic carbocycles. The van der Waals surface area contributed by atoms with Crippen LogP contribution in [0.3, 0.4) is 0 Å². The van der Waals surface area contributed by atoms with E-state index in [-0.39, 0.29) is 37.5 Å². The van der Waals surface area contributed by atoms with E-state index in [4.69, 9.17) is 15.2 Å². The van der Waals surface area contributed by atoms with Crippen molar-refractivity contribution in [2.45, 2.75) is 195 Å². The number of aryl methyl sites for hydroxylation is 2. The monoisotopic (exact) mass is 1050 g/mol. The number of thioether (sulfide) groups is 1. The molecule has 0 spiro atoms. The van der Waals surface area contributed by atoms with Gasteiger partial charge in [0.1, 0.15) is 16.6 Å². The van der Waals surface area contributed by atoms with Gasteiger partial charge in [-0.3, -0.25) is 14.6 Å². The predicted molar refractivity (Wildman–Crippen MR) is 304 cm³/mol. The molecule has 8 saturated carbocycles. The summed E-state index contributed by atoms with van der Waals surface area (Å²) in [6.07, 6.45) is 26.2. The van der Waals surface area contributed by atoms with Crippen molar-refractivity contribution in [1.29, 1.82) is 0 Å². The number of hydrogen-bond donors (Lipinski definition) is 3. The van der Waals surface area contributed by atoms with Crippen molar-refractivity contribution in [3.63, 3.8) is 0 Å². The van der Waals surface area contributed by atoms with Crippen molar-refractivity contribution in [3.8, 4) is 0 Å². The summed E-state index contributed by atoms with van der Waals surface area (Å²) < 4.78 is 11.3. The summed E-state index contributed by atoms with van der Waals surface area (Å²) in [5.74, 6) is 8.75. The largest absolute Gasteiger partial charge is 0.387 e. The summed E-state index contributed by atoms with van der Waals surface area (Å²) in [5, 5.41) is 23.3. The Labute approximate surface area is 457 Å². The van der Waals surface area contributed by atoms with E-state index in [1.54, 1.807) is 12.4 Å². The molecule has 8 aliphatic carbocycles. The van der Waals surface area contributed by atoms with E-state index >= 15 is 0 Å². The molecular weight excluding hydrogens is 953 g/mol. The number of hydrogen-bond acceptors (Lipinski definition) is 11.